The van der Waals surface area contributed by atoms with Crippen LogP contribution >= 0.6 is 0 Å². The summed E-state index contributed by atoms with van der Waals surface area (Å²) in [7, 11) is 0. The Hall–Kier alpha value is -0.240. The van der Waals surface area contributed by atoms with Crippen molar-refractivity contribution in [2.24, 2.45) is 5.73 Å². The molecule has 4 atom stereocenters. The van der Waals surface area contributed by atoms with Gasteiger partial charge in [0.2, 0.25) is 0 Å². The second-order valence-corrected chi connectivity index (χ2v) is 4.65. The lowest BCUT2D eigenvalue weighted by molar-refractivity contribution is -0.256. The molecule has 0 aromatic heterocycles. The lowest BCUT2D eigenvalue weighted by Crippen LogP contribution is -2.50. The highest BCUT2D eigenvalue weighted by atomic mass is 16.7. The predicted molar refractivity (Wildman–Crippen MR) is 65.9 cm³/mol. The molecule has 0 radical (unpaired) electrons. The predicted octanol–water partition coefficient (Wildman–Crippen LogP) is -0.649. The van der Waals surface area contributed by atoms with Gasteiger partial charge in [0.15, 0.2) is 6.29 Å². The summed E-state index contributed by atoms with van der Waals surface area (Å²) in [5.41, 5.74) is 5.39. The first-order chi connectivity index (χ1) is 8.69. The second kappa shape index (κ2) is 8.79. The van der Waals surface area contributed by atoms with Crippen LogP contribution in [0.15, 0.2) is 0 Å². The smallest absolute Gasteiger partial charge is 0.160 e. The van der Waals surface area contributed by atoms with E-state index in [9.17, 15) is 10.2 Å². The topological polar surface area (TPSA) is 105 Å². The van der Waals surface area contributed by atoms with Crippen molar-refractivity contribution in [2.45, 2.75) is 56.7 Å². The summed E-state index contributed by atoms with van der Waals surface area (Å²) in [6.07, 6.45) is 1.06. The SMILES string of the molecule is NCCCCCCOC1CC(O)C(O)C(CO)O1. The Morgan fingerprint density at radius 3 is 2.56 bits per heavy atom. The minimum atomic E-state index is -1.04. The van der Waals surface area contributed by atoms with Gasteiger partial charge in [-0.25, -0.2) is 0 Å². The first-order valence-electron chi connectivity index (χ1n) is 6.63. The molecule has 5 N–H and O–H groups in total. The third-order valence-corrected chi connectivity index (χ3v) is 3.12. The van der Waals surface area contributed by atoms with Gasteiger partial charge in [0.25, 0.3) is 0 Å². The maximum Gasteiger partial charge on any atom is 0.160 e. The molecule has 0 aromatic carbocycles. The van der Waals surface area contributed by atoms with E-state index in [1.54, 1.807) is 0 Å². The fourth-order valence-electron chi connectivity index (χ4n) is 1.99. The van der Waals surface area contributed by atoms with Crippen LogP contribution < -0.4 is 5.73 Å². The van der Waals surface area contributed by atoms with Crippen molar-refractivity contribution in [3.8, 4) is 0 Å². The van der Waals surface area contributed by atoms with Gasteiger partial charge in [0.1, 0.15) is 12.2 Å². The lowest BCUT2D eigenvalue weighted by Gasteiger charge is -2.36. The fraction of sp³-hybridized carbons (Fsp3) is 1.00. The second-order valence-electron chi connectivity index (χ2n) is 4.65. The van der Waals surface area contributed by atoms with E-state index in [2.05, 4.69) is 0 Å². The zero-order valence-corrected chi connectivity index (χ0v) is 10.7. The molecule has 6 heteroatoms. The molecule has 0 spiro atoms. The highest BCUT2D eigenvalue weighted by molar-refractivity contribution is 4.82. The van der Waals surface area contributed by atoms with E-state index in [4.69, 9.17) is 20.3 Å². The zero-order valence-electron chi connectivity index (χ0n) is 10.7. The highest BCUT2D eigenvalue weighted by Gasteiger charge is 2.36. The fourth-order valence-corrected chi connectivity index (χ4v) is 1.99. The van der Waals surface area contributed by atoms with Gasteiger partial charge in [-0.3, -0.25) is 0 Å². The first kappa shape index (κ1) is 15.8. The van der Waals surface area contributed by atoms with Gasteiger partial charge in [-0.05, 0) is 19.4 Å². The van der Waals surface area contributed by atoms with Crippen LogP contribution in [0.4, 0.5) is 0 Å². The van der Waals surface area contributed by atoms with E-state index in [-0.39, 0.29) is 13.0 Å². The maximum atomic E-state index is 9.59. The van der Waals surface area contributed by atoms with Gasteiger partial charge in [-0.2, -0.15) is 0 Å². The van der Waals surface area contributed by atoms with E-state index in [1.165, 1.54) is 0 Å². The van der Waals surface area contributed by atoms with E-state index >= 15 is 0 Å². The first-order valence-corrected chi connectivity index (χ1v) is 6.63. The molecule has 0 saturated carbocycles. The van der Waals surface area contributed by atoms with E-state index in [1.807, 2.05) is 0 Å². The zero-order chi connectivity index (χ0) is 13.4. The minimum Gasteiger partial charge on any atom is -0.394 e. The average molecular weight is 263 g/mol. The molecule has 0 bridgehead atoms. The molecule has 0 aliphatic carbocycles. The molecule has 1 saturated heterocycles. The molecule has 108 valence electrons. The van der Waals surface area contributed by atoms with E-state index < -0.39 is 24.6 Å². The van der Waals surface area contributed by atoms with Gasteiger partial charge in [0, 0.05) is 13.0 Å². The molecule has 1 fully saturated rings. The van der Waals surface area contributed by atoms with Crippen molar-refractivity contribution < 1.29 is 24.8 Å². The molecule has 4 unspecified atom stereocenters. The Kier molecular flexibility index (Phi) is 7.73. The van der Waals surface area contributed by atoms with Crippen molar-refractivity contribution in [2.75, 3.05) is 19.8 Å². The lowest BCUT2D eigenvalue weighted by atomic mass is 10.0. The van der Waals surface area contributed by atoms with Crippen LogP contribution in [0, 0.1) is 0 Å². The number of hydrogen-bond donors (Lipinski definition) is 4. The summed E-state index contributed by atoms with van der Waals surface area (Å²) < 4.78 is 10.8. The van der Waals surface area contributed by atoms with Crippen molar-refractivity contribution >= 4 is 0 Å². The molecule has 1 aliphatic rings. The van der Waals surface area contributed by atoms with Crippen LogP contribution in [0.25, 0.3) is 0 Å². The summed E-state index contributed by atoms with van der Waals surface area (Å²) in [6.45, 7) is 0.944. The van der Waals surface area contributed by atoms with Crippen LogP contribution in [0.1, 0.15) is 32.1 Å². The summed E-state index contributed by atoms with van der Waals surface area (Å²) in [5, 5.41) is 28.1. The Balaban J connectivity index is 2.14. The number of hydrogen-bond acceptors (Lipinski definition) is 6. The van der Waals surface area contributed by atoms with Crippen molar-refractivity contribution in [3.63, 3.8) is 0 Å². The van der Waals surface area contributed by atoms with Crippen molar-refractivity contribution in [1.82, 2.24) is 0 Å². The standard InChI is InChI=1S/C12H25NO5/c13-5-3-1-2-4-6-17-11-7-9(15)12(16)10(8-14)18-11/h9-12,14-16H,1-8,13H2. The van der Waals surface area contributed by atoms with Crippen LogP contribution in [-0.2, 0) is 9.47 Å². The Morgan fingerprint density at radius 2 is 1.89 bits per heavy atom. The number of nitrogens with two attached hydrogens (primary N) is 1. The van der Waals surface area contributed by atoms with Crippen LogP contribution in [0.5, 0.6) is 0 Å². The van der Waals surface area contributed by atoms with Crippen LogP contribution in [0.3, 0.4) is 0 Å². The molecule has 0 amide bonds. The van der Waals surface area contributed by atoms with Gasteiger partial charge < -0.3 is 30.5 Å². The Bertz CT molecular complexity index is 217. The van der Waals surface area contributed by atoms with E-state index in [0.717, 1.165) is 32.2 Å². The normalized spacial score (nSPS) is 32.7. The molecular formula is C12H25NO5. The number of unbranched alkanes of at least 4 members (excludes halogenated alkanes) is 3. The van der Waals surface area contributed by atoms with Gasteiger partial charge in [-0.1, -0.05) is 12.8 Å². The summed E-state index contributed by atoms with van der Waals surface area (Å²) in [6, 6.07) is 0. The number of ether oxygens (including phenoxy) is 2. The third kappa shape index (κ3) is 5.17. The maximum absolute atomic E-state index is 9.59. The molecule has 18 heavy (non-hydrogen) atoms. The van der Waals surface area contributed by atoms with Crippen LogP contribution in [0.2, 0.25) is 0 Å². The van der Waals surface area contributed by atoms with Gasteiger partial charge in [0.05, 0.1) is 12.7 Å². The largest absolute Gasteiger partial charge is 0.394 e. The Labute approximate surface area is 108 Å². The monoisotopic (exact) mass is 263 g/mol. The molecule has 0 aromatic rings. The highest BCUT2D eigenvalue weighted by Crippen LogP contribution is 2.21. The number of aliphatic hydroxyl groups is 3. The van der Waals surface area contributed by atoms with Crippen molar-refractivity contribution in [1.29, 1.82) is 0 Å². The molecule has 6 nitrogen and oxygen atoms in total. The molecule has 1 aliphatic heterocycles. The summed E-state index contributed by atoms with van der Waals surface area (Å²) in [5.74, 6) is 0. The summed E-state index contributed by atoms with van der Waals surface area (Å²) >= 11 is 0. The number of rotatable bonds is 8. The molecular weight excluding hydrogens is 238 g/mol. The van der Waals surface area contributed by atoms with Crippen molar-refractivity contribution in [3.05, 3.63) is 0 Å². The quantitative estimate of drug-likeness (QED) is 0.434. The average Bonchev–Trinajstić information content (AvgIpc) is 2.37. The van der Waals surface area contributed by atoms with Gasteiger partial charge >= 0.3 is 0 Å². The van der Waals surface area contributed by atoms with Crippen LogP contribution in [-0.4, -0.2) is 59.7 Å². The summed E-state index contributed by atoms with van der Waals surface area (Å²) in [4.78, 5) is 0. The Morgan fingerprint density at radius 1 is 1.17 bits per heavy atom. The number of aliphatic hydroxyl groups excluding tert-OH is 3. The third-order valence-electron chi connectivity index (χ3n) is 3.12. The van der Waals surface area contributed by atoms with Gasteiger partial charge in [-0.15, -0.1) is 0 Å². The molecule has 1 heterocycles. The minimum absolute atomic E-state index is 0.237. The molecule has 1 rings (SSSR count). The van der Waals surface area contributed by atoms with E-state index in [0.29, 0.717) is 6.61 Å².